The van der Waals surface area contributed by atoms with Gasteiger partial charge in [-0.3, -0.25) is 0 Å². The molecule has 1 fully saturated rings. The first-order valence-corrected chi connectivity index (χ1v) is 8.98. The van der Waals surface area contributed by atoms with Gasteiger partial charge in [0.2, 0.25) is 11.7 Å². The first-order valence-electron chi connectivity index (χ1n) is 8.98. The molecule has 0 saturated carbocycles. The van der Waals surface area contributed by atoms with E-state index in [4.69, 9.17) is 9.26 Å². The molecule has 0 bridgehead atoms. The first-order chi connectivity index (χ1) is 13.3. The highest BCUT2D eigenvalue weighted by Gasteiger charge is 2.43. The molecule has 152 valence electrons. The highest BCUT2D eigenvalue weighted by molar-refractivity contribution is 5.74. The molecule has 0 radical (unpaired) electrons. The number of ether oxygens (including phenoxy) is 1. The van der Waals surface area contributed by atoms with E-state index in [2.05, 4.69) is 20.8 Å². The number of nitrogens with one attached hydrogen (secondary N) is 2. The van der Waals surface area contributed by atoms with Gasteiger partial charge in [-0.25, -0.2) is 9.18 Å². The third-order valence-corrected chi connectivity index (χ3v) is 4.29. The number of hydrogen-bond donors (Lipinski definition) is 4. The summed E-state index contributed by atoms with van der Waals surface area (Å²) in [6.07, 6.45) is -3.78. The molecule has 10 heteroatoms. The van der Waals surface area contributed by atoms with Crippen LogP contribution in [-0.4, -0.2) is 63.4 Å². The van der Waals surface area contributed by atoms with E-state index in [0.717, 1.165) is 0 Å². The summed E-state index contributed by atoms with van der Waals surface area (Å²) in [5, 5.41) is 29.5. The lowest BCUT2D eigenvalue weighted by Crippen LogP contribution is -2.45. The van der Waals surface area contributed by atoms with Gasteiger partial charge in [-0.2, -0.15) is 4.98 Å². The number of halogens is 1. The molecule has 28 heavy (non-hydrogen) atoms. The summed E-state index contributed by atoms with van der Waals surface area (Å²) in [5.74, 6) is 0.124. The van der Waals surface area contributed by atoms with Crippen LogP contribution in [0.1, 0.15) is 19.7 Å². The number of urea groups is 1. The van der Waals surface area contributed by atoms with Gasteiger partial charge in [0.05, 0.1) is 12.5 Å². The second-order valence-corrected chi connectivity index (χ2v) is 6.93. The van der Waals surface area contributed by atoms with Crippen molar-refractivity contribution in [3.8, 4) is 11.4 Å². The Morgan fingerprint density at radius 2 is 1.89 bits per heavy atom. The van der Waals surface area contributed by atoms with Crippen LogP contribution in [0.15, 0.2) is 28.8 Å². The maximum Gasteiger partial charge on any atom is 0.315 e. The molecule has 2 aromatic rings. The number of carbonyl (C=O) groups excluding carboxylic acids is 1. The second-order valence-electron chi connectivity index (χ2n) is 6.93. The molecule has 0 unspecified atom stereocenters. The number of carbonyl (C=O) groups is 1. The molecule has 9 nitrogen and oxygen atoms in total. The van der Waals surface area contributed by atoms with E-state index in [9.17, 15) is 19.4 Å². The first kappa shape index (κ1) is 20.2. The highest BCUT2D eigenvalue weighted by Crippen LogP contribution is 2.24. The maximum absolute atomic E-state index is 13.0. The largest absolute Gasteiger partial charge is 0.388 e. The fourth-order valence-corrected chi connectivity index (χ4v) is 2.90. The quantitative estimate of drug-likeness (QED) is 0.565. The number of aliphatic hydroxyl groups excluding tert-OH is 2. The average Bonchev–Trinajstić information content (AvgIpc) is 3.21. The Morgan fingerprint density at radius 3 is 2.57 bits per heavy atom. The van der Waals surface area contributed by atoms with Crippen molar-refractivity contribution in [3.63, 3.8) is 0 Å². The summed E-state index contributed by atoms with van der Waals surface area (Å²) in [5.41, 5.74) is 0.586. The molecule has 1 aromatic heterocycles. The van der Waals surface area contributed by atoms with Gasteiger partial charge in [0.1, 0.15) is 24.1 Å². The Morgan fingerprint density at radius 1 is 1.21 bits per heavy atom. The zero-order chi connectivity index (χ0) is 20.3. The maximum atomic E-state index is 13.0. The van der Waals surface area contributed by atoms with E-state index in [-0.39, 0.29) is 42.6 Å². The van der Waals surface area contributed by atoms with Crippen molar-refractivity contribution in [3.05, 3.63) is 36.0 Å². The van der Waals surface area contributed by atoms with Crippen LogP contribution < -0.4 is 10.6 Å². The normalized spacial score (nSPS) is 24.5. The molecule has 2 heterocycles. The summed E-state index contributed by atoms with van der Waals surface area (Å²) in [4.78, 5) is 15.9. The number of amides is 2. The Balaban J connectivity index is 1.57. The van der Waals surface area contributed by atoms with Crippen LogP contribution in [0.25, 0.3) is 11.4 Å². The summed E-state index contributed by atoms with van der Waals surface area (Å²) >= 11 is 0. The van der Waals surface area contributed by atoms with Crippen LogP contribution in [0.4, 0.5) is 9.18 Å². The summed E-state index contributed by atoms with van der Waals surface area (Å²) in [6, 6.07) is 5.22. The lowest BCUT2D eigenvalue weighted by Gasteiger charge is -2.16. The molecular weight excluding hydrogens is 371 g/mol. The third-order valence-electron chi connectivity index (χ3n) is 4.29. The molecule has 3 rings (SSSR count). The lowest BCUT2D eigenvalue weighted by molar-refractivity contribution is 0.00689. The molecule has 0 spiro atoms. The minimum absolute atomic E-state index is 0.0272. The highest BCUT2D eigenvalue weighted by atomic mass is 19.1. The smallest absolute Gasteiger partial charge is 0.315 e. The Labute approximate surface area is 160 Å². The number of hydrogen-bond acceptors (Lipinski definition) is 7. The van der Waals surface area contributed by atoms with E-state index in [1.54, 1.807) is 0 Å². The molecule has 1 aliphatic rings. The summed E-state index contributed by atoms with van der Waals surface area (Å²) in [7, 11) is 0. The molecule has 0 aliphatic carbocycles. The van der Waals surface area contributed by atoms with Gasteiger partial charge >= 0.3 is 6.03 Å². The van der Waals surface area contributed by atoms with E-state index in [0.29, 0.717) is 5.56 Å². The van der Waals surface area contributed by atoms with Gasteiger partial charge < -0.3 is 30.1 Å². The number of benzene rings is 1. The molecule has 4 atom stereocenters. The van der Waals surface area contributed by atoms with Crippen molar-refractivity contribution < 1.29 is 28.7 Å². The molecule has 1 aliphatic heterocycles. The van der Waals surface area contributed by atoms with Gasteiger partial charge in [0.15, 0.2) is 0 Å². The van der Waals surface area contributed by atoms with Crippen molar-refractivity contribution in [1.82, 2.24) is 20.8 Å². The van der Waals surface area contributed by atoms with Crippen molar-refractivity contribution in [2.75, 3.05) is 6.54 Å². The molecule has 4 N–H and O–H groups in total. The standard InChI is InChI=1S/C18H23FN4O5/c1-9(2)21-18(26)20-8-13-16(25)15(24)12(27-13)7-14-22-17(23-28-14)10-3-5-11(19)6-4-10/h3-6,9,12-13,15-16,24-25H,7-8H2,1-2H3,(H2,20,21,26)/t12-,13+,15-,16+/m0/s1. The zero-order valence-corrected chi connectivity index (χ0v) is 15.5. The molecule has 1 aromatic carbocycles. The van der Waals surface area contributed by atoms with Gasteiger partial charge in [0, 0.05) is 18.2 Å². The predicted molar refractivity (Wildman–Crippen MR) is 95.7 cm³/mol. The summed E-state index contributed by atoms with van der Waals surface area (Å²) in [6.45, 7) is 3.69. The monoisotopic (exact) mass is 394 g/mol. The van der Waals surface area contributed by atoms with Gasteiger partial charge in [0.25, 0.3) is 0 Å². The minimum Gasteiger partial charge on any atom is -0.388 e. The van der Waals surface area contributed by atoms with Crippen molar-refractivity contribution in [2.24, 2.45) is 0 Å². The van der Waals surface area contributed by atoms with Crippen LogP contribution in [0.2, 0.25) is 0 Å². The predicted octanol–water partition coefficient (Wildman–Crippen LogP) is 0.615. The number of aromatic nitrogens is 2. The van der Waals surface area contributed by atoms with Gasteiger partial charge in [-0.15, -0.1) is 0 Å². The number of nitrogens with zero attached hydrogens (tertiary/aromatic N) is 2. The van der Waals surface area contributed by atoms with Crippen molar-refractivity contribution in [2.45, 2.75) is 50.7 Å². The van der Waals surface area contributed by atoms with Crippen molar-refractivity contribution in [1.29, 1.82) is 0 Å². The van der Waals surface area contributed by atoms with E-state index in [1.807, 2.05) is 13.8 Å². The Bertz CT molecular complexity index is 798. The minimum atomic E-state index is -1.17. The van der Waals surface area contributed by atoms with Crippen LogP contribution >= 0.6 is 0 Å². The SMILES string of the molecule is CC(C)NC(=O)NC[C@H]1O[C@@H](Cc2nc(-c3ccc(F)cc3)no2)[C@H](O)[C@@H]1O. The topological polar surface area (TPSA) is 130 Å². The van der Waals surface area contributed by atoms with E-state index in [1.165, 1.54) is 24.3 Å². The van der Waals surface area contributed by atoms with E-state index < -0.39 is 24.4 Å². The zero-order valence-electron chi connectivity index (χ0n) is 15.5. The molecular formula is C18H23FN4O5. The fourth-order valence-electron chi connectivity index (χ4n) is 2.90. The van der Waals surface area contributed by atoms with Crippen LogP contribution in [0.5, 0.6) is 0 Å². The lowest BCUT2D eigenvalue weighted by atomic mass is 10.1. The average molecular weight is 394 g/mol. The molecule has 2 amide bonds. The fraction of sp³-hybridized carbons (Fsp3) is 0.500. The molecule has 1 saturated heterocycles. The van der Waals surface area contributed by atoms with Gasteiger partial charge in [-0.1, -0.05) is 5.16 Å². The number of aliphatic hydroxyl groups is 2. The number of rotatable bonds is 6. The van der Waals surface area contributed by atoms with Crippen LogP contribution in [0.3, 0.4) is 0 Å². The Kier molecular flexibility index (Phi) is 6.22. The van der Waals surface area contributed by atoms with Crippen LogP contribution in [-0.2, 0) is 11.2 Å². The van der Waals surface area contributed by atoms with Crippen LogP contribution in [0, 0.1) is 5.82 Å². The Hall–Kier alpha value is -2.56. The summed E-state index contributed by atoms with van der Waals surface area (Å²) < 4.78 is 23.8. The van der Waals surface area contributed by atoms with Gasteiger partial charge in [-0.05, 0) is 38.1 Å². The third kappa shape index (κ3) is 4.83. The van der Waals surface area contributed by atoms with Crippen molar-refractivity contribution >= 4 is 6.03 Å². The second kappa shape index (κ2) is 8.63. The van der Waals surface area contributed by atoms with E-state index >= 15 is 0 Å².